The highest BCUT2D eigenvalue weighted by atomic mass is 19.1. The molecule has 1 atom stereocenters. The van der Waals surface area contributed by atoms with Crippen LogP contribution in [0.15, 0.2) is 12.1 Å². The van der Waals surface area contributed by atoms with Crippen LogP contribution in [0.4, 0.5) is 13.2 Å². The van der Waals surface area contributed by atoms with Crippen LogP contribution in [0.3, 0.4) is 0 Å². The minimum absolute atomic E-state index is 0.180. The van der Waals surface area contributed by atoms with E-state index in [1.165, 1.54) is 0 Å². The Kier molecular flexibility index (Phi) is 3.66. The fourth-order valence-electron chi connectivity index (χ4n) is 2.87. The highest BCUT2D eigenvalue weighted by molar-refractivity contribution is 5.26. The molecule has 1 nitrogen and oxygen atoms in total. The third kappa shape index (κ3) is 2.39. The molecule has 0 heterocycles. The molecule has 1 saturated carbocycles. The molecular weight excluding hydrogens is 239 g/mol. The molecule has 0 radical (unpaired) electrons. The monoisotopic (exact) mass is 257 g/mol. The van der Waals surface area contributed by atoms with Gasteiger partial charge in [-0.25, -0.2) is 13.2 Å². The summed E-state index contributed by atoms with van der Waals surface area (Å²) in [6.07, 6.45) is 4.88. The Morgan fingerprint density at radius 1 is 1.06 bits per heavy atom. The minimum atomic E-state index is -0.908. The molecule has 18 heavy (non-hydrogen) atoms. The number of nitrogens with two attached hydrogens (primary N) is 1. The molecule has 100 valence electrons. The lowest BCUT2D eigenvalue weighted by molar-refractivity contribution is 0.165. The number of rotatable bonds is 2. The first-order valence-electron chi connectivity index (χ1n) is 6.34. The van der Waals surface area contributed by atoms with Gasteiger partial charge < -0.3 is 5.73 Å². The fraction of sp³-hybridized carbons (Fsp3) is 0.571. The van der Waals surface area contributed by atoms with E-state index in [4.69, 9.17) is 5.73 Å². The van der Waals surface area contributed by atoms with E-state index < -0.39 is 23.5 Å². The molecule has 2 N–H and O–H groups in total. The summed E-state index contributed by atoms with van der Waals surface area (Å²) in [7, 11) is 0. The molecule has 0 spiro atoms. The predicted molar refractivity (Wildman–Crippen MR) is 64.4 cm³/mol. The maximum atomic E-state index is 13.7. The van der Waals surface area contributed by atoms with Gasteiger partial charge in [0.15, 0.2) is 0 Å². The van der Waals surface area contributed by atoms with Crippen LogP contribution in [-0.2, 0) is 0 Å². The maximum Gasteiger partial charge on any atom is 0.133 e. The molecule has 1 aromatic rings. The van der Waals surface area contributed by atoms with E-state index >= 15 is 0 Å². The first-order valence-corrected chi connectivity index (χ1v) is 6.34. The third-order valence-corrected chi connectivity index (χ3v) is 4.10. The zero-order valence-electron chi connectivity index (χ0n) is 10.5. The standard InChI is InChI=1S/C14H18F3N/c1-14(5-3-2-4-6-14)13(18)12-10(16)7-9(15)8-11(12)17/h7-8,13H,2-6,18H2,1H3. The van der Waals surface area contributed by atoms with E-state index in [9.17, 15) is 13.2 Å². The molecule has 2 rings (SSSR count). The molecule has 0 aromatic heterocycles. The van der Waals surface area contributed by atoms with Gasteiger partial charge in [-0.1, -0.05) is 26.2 Å². The molecule has 0 amide bonds. The fourth-order valence-corrected chi connectivity index (χ4v) is 2.87. The van der Waals surface area contributed by atoms with Gasteiger partial charge >= 0.3 is 0 Å². The van der Waals surface area contributed by atoms with Gasteiger partial charge in [0, 0.05) is 23.7 Å². The molecule has 0 saturated heterocycles. The van der Waals surface area contributed by atoms with E-state index in [-0.39, 0.29) is 11.0 Å². The minimum Gasteiger partial charge on any atom is -0.323 e. The van der Waals surface area contributed by atoms with Crippen molar-refractivity contribution in [2.45, 2.75) is 45.1 Å². The van der Waals surface area contributed by atoms with Crippen molar-refractivity contribution in [1.29, 1.82) is 0 Å². The van der Waals surface area contributed by atoms with Gasteiger partial charge in [0.25, 0.3) is 0 Å². The summed E-state index contributed by atoms with van der Waals surface area (Å²) < 4.78 is 40.3. The van der Waals surface area contributed by atoms with Gasteiger partial charge in [-0.2, -0.15) is 0 Å². The lowest BCUT2D eigenvalue weighted by Gasteiger charge is -2.39. The average molecular weight is 257 g/mol. The summed E-state index contributed by atoms with van der Waals surface area (Å²) in [5.74, 6) is -2.67. The first kappa shape index (κ1) is 13.4. The zero-order valence-corrected chi connectivity index (χ0v) is 10.5. The SMILES string of the molecule is CC1(C(N)c2c(F)cc(F)cc2F)CCCCC1. The zero-order chi connectivity index (χ0) is 13.3. The van der Waals surface area contributed by atoms with Crippen molar-refractivity contribution >= 4 is 0 Å². The number of halogens is 3. The molecule has 1 unspecified atom stereocenters. The Bertz CT molecular complexity index is 416. The Labute approximate surface area is 105 Å². The Morgan fingerprint density at radius 3 is 2.06 bits per heavy atom. The van der Waals surface area contributed by atoms with Crippen LogP contribution in [0.5, 0.6) is 0 Å². The van der Waals surface area contributed by atoms with Crippen LogP contribution in [-0.4, -0.2) is 0 Å². The van der Waals surface area contributed by atoms with Crippen molar-refractivity contribution in [2.75, 3.05) is 0 Å². The molecule has 1 aromatic carbocycles. The molecule has 1 aliphatic carbocycles. The van der Waals surface area contributed by atoms with Crippen molar-refractivity contribution in [3.8, 4) is 0 Å². The quantitative estimate of drug-likeness (QED) is 0.849. The topological polar surface area (TPSA) is 26.0 Å². The summed E-state index contributed by atoms with van der Waals surface area (Å²) >= 11 is 0. The molecular formula is C14H18F3N. The highest BCUT2D eigenvalue weighted by Gasteiger charge is 2.37. The van der Waals surface area contributed by atoms with Crippen LogP contribution >= 0.6 is 0 Å². The molecule has 4 heteroatoms. The van der Waals surface area contributed by atoms with E-state index in [1.807, 2.05) is 6.92 Å². The van der Waals surface area contributed by atoms with Crippen LogP contribution in [0.2, 0.25) is 0 Å². The average Bonchev–Trinajstić information content (AvgIpc) is 2.28. The van der Waals surface area contributed by atoms with Gasteiger partial charge in [0.1, 0.15) is 17.5 Å². The number of hydrogen-bond acceptors (Lipinski definition) is 1. The predicted octanol–water partition coefficient (Wildman–Crippen LogP) is 4.07. The lowest BCUT2D eigenvalue weighted by atomic mass is 9.69. The number of hydrogen-bond donors (Lipinski definition) is 1. The smallest absolute Gasteiger partial charge is 0.133 e. The van der Waals surface area contributed by atoms with E-state index in [0.29, 0.717) is 12.1 Å². The van der Waals surface area contributed by atoms with Crippen LogP contribution in [0.25, 0.3) is 0 Å². The summed E-state index contributed by atoms with van der Waals surface area (Å²) in [5, 5.41) is 0. The second-order valence-corrected chi connectivity index (χ2v) is 5.48. The van der Waals surface area contributed by atoms with Gasteiger partial charge in [-0.05, 0) is 18.3 Å². The largest absolute Gasteiger partial charge is 0.323 e. The molecule has 1 aliphatic rings. The third-order valence-electron chi connectivity index (χ3n) is 4.10. The van der Waals surface area contributed by atoms with Gasteiger partial charge in [-0.15, -0.1) is 0 Å². The summed E-state index contributed by atoms with van der Waals surface area (Å²) in [6.45, 7) is 1.96. The Hall–Kier alpha value is -1.03. The van der Waals surface area contributed by atoms with Crippen molar-refractivity contribution < 1.29 is 13.2 Å². The Morgan fingerprint density at radius 2 is 1.56 bits per heavy atom. The second-order valence-electron chi connectivity index (χ2n) is 5.48. The molecule has 0 aliphatic heterocycles. The second kappa shape index (κ2) is 4.92. The van der Waals surface area contributed by atoms with Crippen LogP contribution in [0.1, 0.15) is 50.6 Å². The number of benzene rings is 1. The van der Waals surface area contributed by atoms with Gasteiger partial charge in [0.05, 0.1) is 0 Å². The molecule has 0 bridgehead atoms. The van der Waals surface area contributed by atoms with Crippen molar-refractivity contribution in [3.63, 3.8) is 0 Å². The maximum absolute atomic E-state index is 13.7. The van der Waals surface area contributed by atoms with E-state index in [1.54, 1.807) is 0 Å². The first-order chi connectivity index (χ1) is 8.44. The summed E-state index contributed by atoms with van der Waals surface area (Å²) in [6, 6.07) is 0.674. The van der Waals surface area contributed by atoms with Crippen LogP contribution in [0, 0.1) is 22.9 Å². The lowest BCUT2D eigenvalue weighted by Crippen LogP contribution is -2.35. The van der Waals surface area contributed by atoms with Gasteiger partial charge in [0.2, 0.25) is 0 Å². The van der Waals surface area contributed by atoms with Gasteiger partial charge in [-0.3, -0.25) is 0 Å². The van der Waals surface area contributed by atoms with E-state index in [0.717, 1.165) is 32.1 Å². The van der Waals surface area contributed by atoms with Crippen molar-refractivity contribution in [1.82, 2.24) is 0 Å². The van der Waals surface area contributed by atoms with Crippen molar-refractivity contribution in [2.24, 2.45) is 11.1 Å². The molecule has 1 fully saturated rings. The van der Waals surface area contributed by atoms with Crippen molar-refractivity contribution in [3.05, 3.63) is 35.1 Å². The Balaban J connectivity index is 2.36. The summed E-state index contributed by atoms with van der Waals surface area (Å²) in [4.78, 5) is 0. The highest BCUT2D eigenvalue weighted by Crippen LogP contribution is 2.45. The normalized spacial score (nSPS) is 20.7. The van der Waals surface area contributed by atoms with Crippen LogP contribution < -0.4 is 5.73 Å². The van der Waals surface area contributed by atoms with E-state index in [2.05, 4.69) is 0 Å². The summed E-state index contributed by atoms with van der Waals surface area (Å²) in [5.41, 5.74) is 5.57.